The zero-order valence-electron chi connectivity index (χ0n) is 12.9. The quantitative estimate of drug-likeness (QED) is 0.902. The van der Waals surface area contributed by atoms with Crippen molar-refractivity contribution in [3.63, 3.8) is 0 Å². The molecule has 21 heavy (non-hydrogen) atoms. The molecule has 0 bridgehead atoms. The summed E-state index contributed by atoms with van der Waals surface area (Å²) in [4.78, 5) is 0.397. The fraction of sp³-hybridized carbons (Fsp3) is 0.600. The Bertz CT molecular complexity index is 558. The summed E-state index contributed by atoms with van der Waals surface area (Å²) < 4.78 is 26.9. The number of benzene rings is 1. The van der Waals surface area contributed by atoms with E-state index in [4.69, 9.17) is 0 Å². The van der Waals surface area contributed by atoms with E-state index in [0.29, 0.717) is 23.2 Å². The molecule has 0 aliphatic carbocycles. The second-order valence-corrected chi connectivity index (χ2v) is 8.88. The van der Waals surface area contributed by atoms with Crippen LogP contribution in [0.15, 0.2) is 29.2 Å². The topological polar surface area (TPSA) is 49.4 Å². The van der Waals surface area contributed by atoms with Crippen molar-refractivity contribution >= 4 is 21.8 Å². The summed E-state index contributed by atoms with van der Waals surface area (Å²) in [5.74, 6) is 0.871. The smallest absolute Gasteiger partial charge is 0.243 e. The second-order valence-electron chi connectivity index (χ2n) is 5.39. The van der Waals surface area contributed by atoms with Crippen molar-refractivity contribution in [2.45, 2.75) is 37.0 Å². The Morgan fingerprint density at radius 3 is 2.62 bits per heavy atom. The van der Waals surface area contributed by atoms with Gasteiger partial charge in [-0.05, 0) is 31.2 Å². The van der Waals surface area contributed by atoms with E-state index in [1.807, 2.05) is 23.9 Å². The lowest BCUT2D eigenvalue weighted by Gasteiger charge is -2.29. The number of nitrogens with one attached hydrogen (secondary N) is 1. The van der Waals surface area contributed by atoms with Gasteiger partial charge in [0.15, 0.2) is 0 Å². The van der Waals surface area contributed by atoms with Gasteiger partial charge < -0.3 is 5.32 Å². The molecule has 1 saturated heterocycles. The Kier molecular flexibility index (Phi) is 5.71. The summed E-state index contributed by atoms with van der Waals surface area (Å²) in [5, 5.41) is 3.69. The van der Waals surface area contributed by atoms with Crippen LogP contribution in [0.1, 0.15) is 32.4 Å². The average molecular weight is 329 g/mol. The minimum Gasteiger partial charge on any atom is -0.310 e. The maximum absolute atomic E-state index is 12.6. The molecule has 0 saturated carbocycles. The van der Waals surface area contributed by atoms with Gasteiger partial charge in [0.1, 0.15) is 0 Å². The lowest BCUT2D eigenvalue weighted by atomic mass is 10.1. The van der Waals surface area contributed by atoms with Gasteiger partial charge >= 0.3 is 0 Å². The Morgan fingerprint density at radius 2 is 2.05 bits per heavy atom. The van der Waals surface area contributed by atoms with Crippen molar-refractivity contribution in [2.75, 3.05) is 25.4 Å². The first-order valence-corrected chi connectivity index (χ1v) is 9.89. The number of hydrogen-bond donors (Lipinski definition) is 1. The molecule has 4 nitrogen and oxygen atoms in total. The van der Waals surface area contributed by atoms with Crippen LogP contribution in [-0.2, 0) is 10.0 Å². The van der Waals surface area contributed by atoms with Crippen LogP contribution in [0.3, 0.4) is 0 Å². The van der Waals surface area contributed by atoms with Crippen LogP contribution < -0.4 is 5.32 Å². The van der Waals surface area contributed by atoms with E-state index in [-0.39, 0.29) is 6.04 Å². The van der Waals surface area contributed by atoms with Gasteiger partial charge in [-0.2, -0.15) is 16.1 Å². The van der Waals surface area contributed by atoms with Crippen molar-refractivity contribution in [3.05, 3.63) is 29.8 Å². The lowest BCUT2D eigenvalue weighted by molar-refractivity contribution is 0.424. The van der Waals surface area contributed by atoms with E-state index in [0.717, 1.165) is 17.9 Å². The molecule has 1 aromatic carbocycles. The summed E-state index contributed by atoms with van der Waals surface area (Å²) in [6, 6.07) is 7.50. The molecule has 1 aliphatic heterocycles. The van der Waals surface area contributed by atoms with Crippen LogP contribution >= 0.6 is 11.8 Å². The molecule has 1 aliphatic rings. The molecular formula is C15H24N2O2S2. The Morgan fingerprint density at radius 1 is 1.38 bits per heavy atom. The van der Waals surface area contributed by atoms with Crippen LogP contribution in [0, 0.1) is 0 Å². The molecular weight excluding hydrogens is 304 g/mol. The highest BCUT2D eigenvalue weighted by Gasteiger charge is 2.28. The highest BCUT2D eigenvalue weighted by Crippen LogP contribution is 2.25. The molecule has 0 amide bonds. The SMILES string of the molecule is CCNC(C)c1ccc(S(=O)(=O)N2CCSC(C)C2)cc1. The van der Waals surface area contributed by atoms with Crippen LogP contribution in [0.5, 0.6) is 0 Å². The highest BCUT2D eigenvalue weighted by atomic mass is 32.2. The zero-order chi connectivity index (χ0) is 15.5. The predicted molar refractivity (Wildman–Crippen MR) is 89.2 cm³/mol. The molecule has 2 unspecified atom stereocenters. The largest absolute Gasteiger partial charge is 0.310 e. The maximum atomic E-state index is 12.6. The number of sulfonamides is 1. The third-order valence-corrected chi connectivity index (χ3v) is 6.75. The van der Waals surface area contributed by atoms with Crippen molar-refractivity contribution in [3.8, 4) is 0 Å². The minimum absolute atomic E-state index is 0.234. The third kappa shape index (κ3) is 4.00. The number of thioether (sulfide) groups is 1. The van der Waals surface area contributed by atoms with Crippen molar-refractivity contribution in [1.29, 1.82) is 0 Å². The first kappa shape index (κ1) is 16.8. The van der Waals surface area contributed by atoms with Crippen LogP contribution in [0.25, 0.3) is 0 Å². The van der Waals surface area contributed by atoms with Gasteiger partial charge in [0.05, 0.1) is 4.90 Å². The van der Waals surface area contributed by atoms with Crippen molar-refractivity contribution < 1.29 is 8.42 Å². The van der Waals surface area contributed by atoms with E-state index in [9.17, 15) is 8.42 Å². The Balaban J connectivity index is 2.17. The molecule has 0 aromatic heterocycles. The van der Waals surface area contributed by atoms with E-state index in [1.165, 1.54) is 0 Å². The molecule has 1 N–H and O–H groups in total. The van der Waals surface area contributed by atoms with Gasteiger partial charge in [-0.3, -0.25) is 0 Å². The van der Waals surface area contributed by atoms with E-state index >= 15 is 0 Å². The van der Waals surface area contributed by atoms with Gasteiger partial charge in [0, 0.05) is 30.1 Å². The molecule has 0 spiro atoms. The summed E-state index contributed by atoms with van der Waals surface area (Å²) >= 11 is 1.83. The van der Waals surface area contributed by atoms with Gasteiger partial charge in [0.25, 0.3) is 0 Å². The summed E-state index contributed by atoms with van der Waals surface area (Å²) in [7, 11) is -3.35. The number of rotatable bonds is 5. The zero-order valence-corrected chi connectivity index (χ0v) is 14.5. The second kappa shape index (κ2) is 7.13. The monoisotopic (exact) mass is 328 g/mol. The van der Waals surface area contributed by atoms with Crippen molar-refractivity contribution in [2.24, 2.45) is 0 Å². The normalized spacial score (nSPS) is 22.1. The fourth-order valence-electron chi connectivity index (χ4n) is 2.51. The first-order chi connectivity index (χ1) is 9.95. The standard InChI is InChI=1S/C15H24N2O2S2/c1-4-16-13(3)14-5-7-15(8-6-14)21(18,19)17-9-10-20-12(2)11-17/h5-8,12-13,16H,4,9-11H2,1-3H3. The Hall–Kier alpha value is -0.560. The average Bonchev–Trinajstić information content (AvgIpc) is 2.47. The van der Waals surface area contributed by atoms with Crippen molar-refractivity contribution in [1.82, 2.24) is 9.62 Å². The predicted octanol–water partition coefficient (Wildman–Crippen LogP) is 2.48. The van der Waals surface area contributed by atoms with Crippen LogP contribution in [0.4, 0.5) is 0 Å². The number of nitrogens with zero attached hydrogens (tertiary/aromatic N) is 1. The summed E-state index contributed by atoms with van der Waals surface area (Å²) in [6.07, 6.45) is 0. The summed E-state index contributed by atoms with van der Waals surface area (Å²) in [5.41, 5.74) is 1.11. The van der Waals surface area contributed by atoms with Gasteiger partial charge in [-0.25, -0.2) is 8.42 Å². The lowest BCUT2D eigenvalue weighted by Crippen LogP contribution is -2.40. The first-order valence-electron chi connectivity index (χ1n) is 7.40. The molecule has 0 radical (unpaired) electrons. The third-order valence-electron chi connectivity index (χ3n) is 3.73. The van der Waals surface area contributed by atoms with Gasteiger partial charge in [0.2, 0.25) is 10.0 Å². The molecule has 1 heterocycles. The van der Waals surface area contributed by atoms with E-state index in [1.54, 1.807) is 16.4 Å². The van der Waals surface area contributed by atoms with Gasteiger partial charge in [-0.1, -0.05) is 26.0 Å². The fourth-order valence-corrected chi connectivity index (χ4v) is 5.26. The number of hydrogen-bond acceptors (Lipinski definition) is 4. The molecule has 118 valence electrons. The molecule has 1 fully saturated rings. The molecule has 1 aromatic rings. The molecule has 2 rings (SSSR count). The molecule has 6 heteroatoms. The summed E-state index contributed by atoms with van der Waals surface area (Å²) in [6.45, 7) is 8.31. The molecule has 2 atom stereocenters. The van der Waals surface area contributed by atoms with Gasteiger partial charge in [-0.15, -0.1) is 0 Å². The van der Waals surface area contributed by atoms with E-state index in [2.05, 4.69) is 26.1 Å². The van der Waals surface area contributed by atoms with E-state index < -0.39 is 10.0 Å². The van der Waals surface area contributed by atoms with Crippen LogP contribution in [0.2, 0.25) is 0 Å². The van der Waals surface area contributed by atoms with Crippen LogP contribution in [-0.4, -0.2) is 43.4 Å². The highest BCUT2D eigenvalue weighted by molar-refractivity contribution is 8.00. The maximum Gasteiger partial charge on any atom is 0.243 e. The Labute approximate surface area is 132 Å². The minimum atomic E-state index is -3.35.